The van der Waals surface area contributed by atoms with Crippen molar-refractivity contribution < 1.29 is 0 Å². The van der Waals surface area contributed by atoms with Gasteiger partial charge in [0, 0.05) is 39.5 Å². The van der Waals surface area contributed by atoms with Gasteiger partial charge in [-0.25, -0.2) is 0 Å². The summed E-state index contributed by atoms with van der Waals surface area (Å²) in [6.07, 6.45) is 5.89. The van der Waals surface area contributed by atoms with Gasteiger partial charge in [-0.2, -0.15) is 0 Å². The van der Waals surface area contributed by atoms with Crippen LogP contribution in [0.4, 0.5) is 34.1 Å². The highest BCUT2D eigenvalue weighted by atomic mass is 15.2. The van der Waals surface area contributed by atoms with E-state index in [1.165, 1.54) is 132 Å². The predicted molar refractivity (Wildman–Crippen MR) is 308 cm³/mol. The summed E-state index contributed by atoms with van der Waals surface area (Å²) in [5.41, 5.74) is 28.2. The topological polar surface area (TPSA) is 6.48 Å². The Morgan fingerprint density at radius 3 is 1.51 bits per heavy atom. The summed E-state index contributed by atoms with van der Waals surface area (Å²) in [4.78, 5) is 5.53. The Labute approximate surface area is 430 Å². The van der Waals surface area contributed by atoms with Crippen LogP contribution in [0.1, 0.15) is 211 Å². The highest BCUT2D eigenvalue weighted by molar-refractivity contribution is 7.00. The maximum atomic E-state index is 2.77. The monoisotopic (exact) mass is 939 g/mol. The van der Waals surface area contributed by atoms with Gasteiger partial charge in [0.1, 0.15) is 0 Å². The molecule has 0 unspecified atom stereocenters. The first kappa shape index (κ1) is 48.3. The molecule has 0 spiro atoms. The zero-order valence-corrected chi connectivity index (χ0v) is 47.2. The van der Waals surface area contributed by atoms with E-state index in [9.17, 15) is 0 Å². The van der Waals surface area contributed by atoms with E-state index in [0.717, 1.165) is 6.42 Å². The number of aryl methyl sites for hydroxylation is 1. The van der Waals surface area contributed by atoms with Crippen molar-refractivity contribution in [2.24, 2.45) is 0 Å². The molecule has 0 saturated carbocycles. The smallest absolute Gasteiger partial charge is 0.252 e. The second-order valence-electron chi connectivity index (χ2n) is 28.8. The Morgan fingerprint density at radius 2 is 0.901 bits per heavy atom. The van der Waals surface area contributed by atoms with Gasteiger partial charge in [0.2, 0.25) is 0 Å². The van der Waals surface area contributed by atoms with Crippen LogP contribution in [-0.4, -0.2) is 6.71 Å². The lowest BCUT2D eigenvalue weighted by atomic mass is 9.33. The van der Waals surface area contributed by atoms with Crippen molar-refractivity contribution in [3.8, 4) is 0 Å². The minimum Gasteiger partial charge on any atom is -0.311 e. The zero-order valence-electron chi connectivity index (χ0n) is 47.2. The van der Waals surface area contributed by atoms with Crippen LogP contribution in [0.3, 0.4) is 0 Å². The van der Waals surface area contributed by atoms with E-state index in [0.29, 0.717) is 0 Å². The van der Waals surface area contributed by atoms with E-state index in [4.69, 9.17) is 0 Å². The fourth-order valence-corrected chi connectivity index (χ4v) is 15.0. The van der Waals surface area contributed by atoms with Gasteiger partial charge >= 0.3 is 0 Å². The molecule has 0 radical (unpaired) electrons. The Hall–Kier alpha value is -5.02. The van der Waals surface area contributed by atoms with Crippen molar-refractivity contribution in [1.29, 1.82) is 0 Å². The lowest BCUT2D eigenvalue weighted by Gasteiger charge is -2.48. The summed E-state index contributed by atoms with van der Waals surface area (Å²) in [5, 5.41) is 0. The van der Waals surface area contributed by atoms with Gasteiger partial charge in [0.25, 0.3) is 6.71 Å². The molecular formula is C68H83BN2. The molecule has 0 saturated heterocycles. The highest BCUT2D eigenvalue weighted by Crippen LogP contribution is 2.57. The molecule has 3 heteroatoms. The minimum absolute atomic E-state index is 0.0341. The number of hydrogen-bond donors (Lipinski definition) is 0. The molecule has 3 aliphatic carbocycles. The molecular weight excluding hydrogens is 856 g/mol. The van der Waals surface area contributed by atoms with Crippen LogP contribution in [0.5, 0.6) is 0 Å². The molecule has 0 bridgehead atoms. The molecule has 71 heavy (non-hydrogen) atoms. The summed E-state index contributed by atoms with van der Waals surface area (Å²) in [5.74, 6) is 0. The number of hydrogen-bond acceptors (Lipinski definition) is 2. The molecule has 6 aromatic carbocycles. The first-order valence-electron chi connectivity index (χ1n) is 27.4. The zero-order chi connectivity index (χ0) is 51.1. The van der Waals surface area contributed by atoms with Gasteiger partial charge in [-0.05, 0) is 198 Å². The molecule has 2 aliphatic heterocycles. The van der Waals surface area contributed by atoms with E-state index >= 15 is 0 Å². The van der Waals surface area contributed by atoms with E-state index < -0.39 is 0 Å². The average molecular weight is 939 g/mol. The summed E-state index contributed by atoms with van der Waals surface area (Å²) < 4.78 is 0. The summed E-state index contributed by atoms with van der Waals surface area (Å²) >= 11 is 0. The van der Waals surface area contributed by atoms with Crippen molar-refractivity contribution >= 4 is 57.2 Å². The van der Waals surface area contributed by atoms with E-state index in [1.807, 2.05) is 0 Å². The van der Waals surface area contributed by atoms with Crippen LogP contribution in [-0.2, 0) is 43.3 Å². The van der Waals surface area contributed by atoms with Gasteiger partial charge in [0.15, 0.2) is 0 Å². The van der Waals surface area contributed by atoms with E-state index in [-0.39, 0.29) is 50.0 Å². The Morgan fingerprint density at radius 1 is 0.408 bits per heavy atom. The van der Waals surface area contributed by atoms with Crippen LogP contribution in [0.2, 0.25) is 0 Å². The SMILES string of the molecule is Cc1cc2c(cc1N1c3cc(C(C)(C)c4ccccc4)ccc3B3c4cc5c(cc4N(c4ccc6c(c4C)C(C)(C)CCC6(C)C)c4cc(C(C)(C)C)cc1c43)C(C)(C)CC5(C)C)C(C)(C)CCC2(C)C. The van der Waals surface area contributed by atoms with Crippen LogP contribution < -0.4 is 26.2 Å². The maximum Gasteiger partial charge on any atom is 0.252 e. The van der Waals surface area contributed by atoms with Crippen LogP contribution in [0, 0.1) is 13.8 Å². The third-order valence-electron chi connectivity index (χ3n) is 19.5. The largest absolute Gasteiger partial charge is 0.311 e. The van der Waals surface area contributed by atoms with Crippen LogP contribution in [0.15, 0.2) is 97.1 Å². The van der Waals surface area contributed by atoms with Gasteiger partial charge in [-0.15, -0.1) is 0 Å². The molecule has 2 nitrogen and oxygen atoms in total. The lowest BCUT2D eigenvalue weighted by Crippen LogP contribution is -2.62. The molecule has 11 rings (SSSR count). The Balaban J connectivity index is 1.29. The van der Waals surface area contributed by atoms with Crippen molar-refractivity contribution in [3.05, 3.63) is 158 Å². The number of nitrogens with zero attached hydrogens (tertiary/aromatic N) is 2. The third-order valence-corrected chi connectivity index (χ3v) is 19.5. The Bertz CT molecular complexity index is 3220. The molecule has 6 aromatic rings. The van der Waals surface area contributed by atoms with Gasteiger partial charge in [0.05, 0.1) is 0 Å². The van der Waals surface area contributed by atoms with Crippen molar-refractivity contribution in [2.75, 3.05) is 9.80 Å². The first-order valence-corrected chi connectivity index (χ1v) is 27.4. The van der Waals surface area contributed by atoms with Gasteiger partial charge < -0.3 is 9.80 Å². The van der Waals surface area contributed by atoms with Crippen molar-refractivity contribution in [3.63, 3.8) is 0 Å². The average Bonchev–Trinajstić information content (AvgIpc) is 3.47. The summed E-state index contributed by atoms with van der Waals surface area (Å²) in [6.45, 7) is 46.8. The molecule has 0 amide bonds. The highest BCUT2D eigenvalue weighted by Gasteiger charge is 2.50. The molecule has 0 aromatic heterocycles. The van der Waals surface area contributed by atoms with Gasteiger partial charge in [-0.1, -0.05) is 178 Å². The van der Waals surface area contributed by atoms with Gasteiger partial charge in [-0.3, -0.25) is 0 Å². The van der Waals surface area contributed by atoms with E-state index in [1.54, 1.807) is 5.56 Å². The molecule has 5 aliphatic rings. The van der Waals surface area contributed by atoms with Crippen molar-refractivity contribution in [1.82, 2.24) is 0 Å². The quantitative estimate of drug-likeness (QED) is 0.162. The molecule has 368 valence electrons. The lowest BCUT2D eigenvalue weighted by molar-refractivity contribution is 0.330. The molecule has 0 fully saturated rings. The molecule has 0 N–H and O–H groups in total. The Kier molecular flexibility index (Phi) is 10.2. The normalized spacial score (nSPS) is 20.4. The fourth-order valence-electron chi connectivity index (χ4n) is 15.0. The molecule has 2 heterocycles. The maximum absolute atomic E-state index is 2.77. The fraction of sp³-hybridized carbons (Fsp3) is 0.471. The summed E-state index contributed by atoms with van der Waals surface area (Å²) in [6, 6.07) is 39.7. The second-order valence-corrected chi connectivity index (χ2v) is 28.8. The summed E-state index contributed by atoms with van der Waals surface area (Å²) in [7, 11) is 0. The number of benzene rings is 6. The third kappa shape index (κ3) is 7.07. The first-order chi connectivity index (χ1) is 32.9. The predicted octanol–water partition coefficient (Wildman–Crippen LogP) is 16.7. The molecule has 0 atom stereocenters. The minimum atomic E-state index is -0.221. The number of anilines is 6. The van der Waals surface area contributed by atoms with E-state index in [2.05, 4.69) is 238 Å². The number of fused-ring (bicyclic) bond motifs is 7. The van der Waals surface area contributed by atoms with Crippen molar-refractivity contribution in [2.45, 2.75) is 207 Å². The second kappa shape index (κ2) is 15.0. The number of rotatable bonds is 4. The van der Waals surface area contributed by atoms with Crippen LogP contribution >= 0.6 is 0 Å². The van der Waals surface area contributed by atoms with Crippen LogP contribution in [0.25, 0.3) is 0 Å². The standard InChI is InChI=1S/C68H83BN2/c1-41-33-47-49(64(10,11)30-29-63(47,8)9)38-54(41)71-55-34-44(68(18,19)43-23-21-20-22-24-43)25-27-51(55)69-52-37-48-50(67(16,17)40-66(48,14)15)39-56(52)70(57-35-45(61(3,4)5)36-58(71)60(57)69)53-28-26-46-59(42(53)2)65(12,13)32-31-62(46,6)7/h20-28,33-39H,29-32,40H2,1-19H3.